The quantitative estimate of drug-likeness (QED) is 0.232. The first-order valence-corrected chi connectivity index (χ1v) is 14.9. The Labute approximate surface area is 250 Å². The number of nitrogens with zero attached hydrogens (tertiary/aromatic N) is 1. The highest BCUT2D eigenvalue weighted by Crippen LogP contribution is 2.27. The molecule has 2 aromatic carbocycles. The van der Waals surface area contributed by atoms with Gasteiger partial charge in [-0.25, -0.2) is 4.79 Å². The summed E-state index contributed by atoms with van der Waals surface area (Å²) < 4.78 is 5.36. The van der Waals surface area contributed by atoms with Crippen molar-refractivity contribution in [3.63, 3.8) is 0 Å². The van der Waals surface area contributed by atoms with E-state index in [2.05, 4.69) is 17.6 Å². The van der Waals surface area contributed by atoms with Crippen molar-refractivity contribution in [3.05, 3.63) is 71.3 Å². The van der Waals surface area contributed by atoms with Crippen LogP contribution in [0.15, 0.2) is 54.6 Å². The molecular formula is C33H48N4O5. The minimum atomic E-state index is -1.30. The molecule has 42 heavy (non-hydrogen) atoms. The van der Waals surface area contributed by atoms with E-state index in [4.69, 9.17) is 10.5 Å². The lowest BCUT2D eigenvalue weighted by Gasteiger charge is -2.35. The zero-order valence-electron chi connectivity index (χ0n) is 25.8. The molecule has 9 nitrogen and oxygen atoms in total. The third-order valence-corrected chi connectivity index (χ3v) is 6.78. The number of unbranched alkanes of at least 4 members (excludes halogenated alkanes) is 5. The van der Waals surface area contributed by atoms with Crippen molar-refractivity contribution in [2.75, 3.05) is 6.54 Å². The predicted molar refractivity (Wildman–Crippen MR) is 164 cm³/mol. The zero-order valence-corrected chi connectivity index (χ0v) is 25.8. The number of carbonyl (C=O) groups is 4. The van der Waals surface area contributed by atoms with Crippen LogP contribution in [0.3, 0.4) is 0 Å². The largest absolute Gasteiger partial charge is 0.444 e. The number of benzene rings is 2. The van der Waals surface area contributed by atoms with Gasteiger partial charge in [0.1, 0.15) is 17.7 Å². The van der Waals surface area contributed by atoms with Gasteiger partial charge in [-0.05, 0) is 50.8 Å². The van der Waals surface area contributed by atoms with Crippen LogP contribution in [0, 0.1) is 6.92 Å². The number of alkyl carbamates (subject to hydrolysis) is 1. The minimum absolute atomic E-state index is 0.258. The number of nitrogens with two attached hydrogens (primary N) is 1. The maximum absolute atomic E-state index is 14.2. The van der Waals surface area contributed by atoms with Crippen LogP contribution in [0.25, 0.3) is 0 Å². The van der Waals surface area contributed by atoms with E-state index >= 15 is 0 Å². The summed E-state index contributed by atoms with van der Waals surface area (Å²) >= 11 is 0. The SMILES string of the molecule is CCCCCCCCN(C(=O)C(CC(N)=O)NC(=O)OC(C)(C)C)C(C(=O)NCc1ccccc1)c1ccccc1C. The molecule has 2 rings (SSSR count). The van der Waals surface area contributed by atoms with Crippen molar-refractivity contribution in [2.24, 2.45) is 5.73 Å². The number of rotatable bonds is 16. The molecule has 230 valence electrons. The maximum Gasteiger partial charge on any atom is 0.408 e. The van der Waals surface area contributed by atoms with Crippen LogP contribution in [0.5, 0.6) is 0 Å². The molecule has 0 heterocycles. The fraction of sp³-hybridized carbons (Fsp3) is 0.515. The number of nitrogens with one attached hydrogen (secondary N) is 2. The first-order valence-electron chi connectivity index (χ1n) is 14.9. The summed E-state index contributed by atoms with van der Waals surface area (Å²) in [6, 6.07) is 14.6. The van der Waals surface area contributed by atoms with Crippen molar-refractivity contribution in [2.45, 2.75) is 104 Å². The van der Waals surface area contributed by atoms with Crippen LogP contribution in [0.4, 0.5) is 4.79 Å². The molecule has 2 unspecified atom stereocenters. The Kier molecular flexibility index (Phi) is 14.0. The van der Waals surface area contributed by atoms with Gasteiger partial charge in [0.15, 0.2) is 0 Å². The van der Waals surface area contributed by atoms with Gasteiger partial charge in [0.05, 0.1) is 6.42 Å². The normalized spacial score (nSPS) is 12.6. The van der Waals surface area contributed by atoms with Gasteiger partial charge in [0, 0.05) is 13.1 Å². The lowest BCUT2D eigenvalue weighted by Crippen LogP contribution is -2.54. The van der Waals surface area contributed by atoms with Crippen molar-refractivity contribution < 1.29 is 23.9 Å². The van der Waals surface area contributed by atoms with Crippen molar-refractivity contribution in [1.82, 2.24) is 15.5 Å². The van der Waals surface area contributed by atoms with Gasteiger partial charge in [-0.15, -0.1) is 0 Å². The standard InChI is InChI=1S/C33H48N4O5/c1-6-7-8-9-10-16-21-37(31(40)27(22-28(34)38)36-32(41)42-33(3,4)5)29(26-20-15-14-17-24(26)2)30(39)35-23-25-18-12-11-13-19-25/h11-15,17-20,27,29H,6-10,16,21-23H2,1-5H3,(H2,34,38)(H,35,39)(H,36,41). The van der Waals surface area contributed by atoms with Gasteiger partial charge in [-0.2, -0.15) is 0 Å². The molecule has 0 aliphatic heterocycles. The number of hydrogen-bond donors (Lipinski definition) is 3. The second kappa shape index (κ2) is 17.2. The third kappa shape index (κ3) is 11.9. The van der Waals surface area contributed by atoms with E-state index in [1.54, 1.807) is 20.8 Å². The molecule has 0 bridgehead atoms. The summed E-state index contributed by atoms with van der Waals surface area (Å²) in [5.41, 5.74) is 7.11. The van der Waals surface area contributed by atoms with E-state index in [9.17, 15) is 19.2 Å². The number of ether oxygens (including phenoxy) is 1. The van der Waals surface area contributed by atoms with Crippen LogP contribution < -0.4 is 16.4 Å². The molecule has 0 aliphatic carbocycles. The molecular weight excluding hydrogens is 532 g/mol. The second-order valence-corrected chi connectivity index (χ2v) is 11.6. The summed E-state index contributed by atoms with van der Waals surface area (Å²) in [6.45, 7) is 9.68. The van der Waals surface area contributed by atoms with Crippen LogP contribution >= 0.6 is 0 Å². The highest BCUT2D eigenvalue weighted by molar-refractivity contribution is 5.94. The van der Waals surface area contributed by atoms with Crippen molar-refractivity contribution in [3.8, 4) is 0 Å². The van der Waals surface area contributed by atoms with Crippen LogP contribution in [0.1, 0.15) is 95.4 Å². The fourth-order valence-electron chi connectivity index (χ4n) is 4.71. The van der Waals surface area contributed by atoms with Gasteiger partial charge < -0.3 is 26.0 Å². The van der Waals surface area contributed by atoms with Crippen molar-refractivity contribution in [1.29, 1.82) is 0 Å². The Hall–Kier alpha value is -3.88. The van der Waals surface area contributed by atoms with Gasteiger partial charge in [-0.1, -0.05) is 93.6 Å². The van der Waals surface area contributed by atoms with Crippen LogP contribution in [0.2, 0.25) is 0 Å². The third-order valence-electron chi connectivity index (χ3n) is 6.78. The summed E-state index contributed by atoms with van der Waals surface area (Å²) in [4.78, 5) is 54.4. The van der Waals surface area contributed by atoms with Gasteiger partial charge >= 0.3 is 6.09 Å². The van der Waals surface area contributed by atoms with Crippen molar-refractivity contribution >= 4 is 23.8 Å². The molecule has 4 amide bonds. The van der Waals surface area contributed by atoms with Crippen LogP contribution in [-0.2, 0) is 25.7 Å². The first-order chi connectivity index (χ1) is 19.9. The number of aryl methyl sites for hydroxylation is 1. The molecule has 4 N–H and O–H groups in total. The second-order valence-electron chi connectivity index (χ2n) is 11.6. The van der Waals surface area contributed by atoms with Gasteiger partial charge in [0.2, 0.25) is 17.7 Å². The van der Waals surface area contributed by atoms with E-state index < -0.39 is 42.0 Å². The lowest BCUT2D eigenvalue weighted by atomic mass is 9.97. The fourth-order valence-corrected chi connectivity index (χ4v) is 4.71. The Morgan fingerprint density at radius 2 is 1.52 bits per heavy atom. The Bertz CT molecular complexity index is 1160. The highest BCUT2D eigenvalue weighted by Gasteiger charge is 2.37. The van der Waals surface area contributed by atoms with Gasteiger partial charge in [0.25, 0.3) is 0 Å². The van der Waals surface area contributed by atoms with Crippen LogP contribution in [-0.4, -0.2) is 46.9 Å². The molecule has 0 saturated carbocycles. The Morgan fingerprint density at radius 3 is 2.14 bits per heavy atom. The molecule has 0 aromatic heterocycles. The highest BCUT2D eigenvalue weighted by atomic mass is 16.6. The minimum Gasteiger partial charge on any atom is -0.444 e. The molecule has 0 aliphatic rings. The average Bonchev–Trinajstić information content (AvgIpc) is 2.92. The molecule has 0 radical (unpaired) electrons. The topological polar surface area (TPSA) is 131 Å². The lowest BCUT2D eigenvalue weighted by molar-refractivity contribution is -0.143. The number of amides is 4. The average molecular weight is 581 g/mol. The summed E-state index contributed by atoms with van der Waals surface area (Å²) in [5.74, 6) is -1.69. The van der Waals surface area contributed by atoms with E-state index in [1.807, 2.05) is 61.5 Å². The Balaban J connectivity index is 2.46. The summed E-state index contributed by atoms with van der Waals surface area (Å²) in [5, 5.41) is 5.53. The number of hydrogen-bond acceptors (Lipinski definition) is 5. The van der Waals surface area contributed by atoms with E-state index in [0.29, 0.717) is 12.0 Å². The van der Waals surface area contributed by atoms with E-state index in [-0.39, 0.29) is 19.0 Å². The zero-order chi connectivity index (χ0) is 31.1. The monoisotopic (exact) mass is 580 g/mol. The first kappa shape index (κ1) is 34.3. The summed E-state index contributed by atoms with van der Waals surface area (Å²) in [7, 11) is 0. The number of primary amides is 1. The molecule has 9 heteroatoms. The molecule has 0 saturated heterocycles. The molecule has 2 atom stereocenters. The Morgan fingerprint density at radius 1 is 0.905 bits per heavy atom. The molecule has 2 aromatic rings. The van der Waals surface area contributed by atoms with Gasteiger partial charge in [-0.3, -0.25) is 14.4 Å². The molecule has 0 spiro atoms. The number of carbonyl (C=O) groups excluding carboxylic acids is 4. The molecule has 0 fully saturated rings. The maximum atomic E-state index is 14.2. The van der Waals surface area contributed by atoms with E-state index in [1.165, 1.54) is 4.90 Å². The summed E-state index contributed by atoms with van der Waals surface area (Å²) in [6.07, 6.45) is 4.60. The smallest absolute Gasteiger partial charge is 0.408 e. The van der Waals surface area contributed by atoms with E-state index in [0.717, 1.165) is 43.2 Å². The predicted octanol–water partition coefficient (Wildman–Crippen LogP) is 5.31.